The lowest BCUT2D eigenvalue weighted by atomic mass is 9.92. The average molecular weight is 283 g/mol. The Morgan fingerprint density at radius 3 is 3.14 bits per heavy atom. The van der Waals surface area contributed by atoms with Crippen LogP contribution in [-0.2, 0) is 13.0 Å². The Kier molecular flexibility index (Phi) is 3.00. The Labute approximate surface area is 122 Å². The molecule has 1 aromatic carbocycles. The Balaban J connectivity index is 1.81. The zero-order chi connectivity index (χ0) is 14.2. The van der Waals surface area contributed by atoms with Crippen LogP contribution in [0.4, 0.5) is 0 Å². The van der Waals surface area contributed by atoms with E-state index in [0.717, 1.165) is 47.8 Å². The van der Waals surface area contributed by atoms with Gasteiger partial charge in [0.05, 0.1) is 17.9 Å². The smallest absolute Gasteiger partial charge is 0.255 e. The first-order valence-corrected chi connectivity index (χ1v) is 7.37. The lowest BCUT2D eigenvalue weighted by Gasteiger charge is -2.26. The van der Waals surface area contributed by atoms with E-state index in [0.29, 0.717) is 13.2 Å². The summed E-state index contributed by atoms with van der Waals surface area (Å²) in [6, 6.07) is 8.00. The van der Waals surface area contributed by atoms with Gasteiger partial charge >= 0.3 is 0 Å². The molecule has 0 bridgehead atoms. The monoisotopic (exact) mass is 283 g/mol. The van der Waals surface area contributed by atoms with Crippen molar-refractivity contribution in [1.29, 1.82) is 0 Å². The molecule has 108 valence electrons. The number of nitrogens with one attached hydrogen (secondary N) is 2. The van der Waals surface area contributed by atoms with Crippen LogP contribution >= 0.6 is 0 Å². The molecule has 21 heavy (non-hydrogen) atoms. The minimum absolute atomic E-state index is 0.00817. The molecule has 2 N–H and O–H groups in total. The molecular weight excluding hydrogens is 266 g/mol. The normalized spacial score (nSPS) is 20.3. The first-order chi connectivity index (χ1) is 10.3. The third kappa shape index (κ3) is 2.14. The summed E-state index contributed by atoms with van der Waals surface area (Å²) in [4.78, 5) is 20.0. The Morgan fingerprint density at radius 1 is 1.29 bits per heavy atom. The van der Waals surface area contributed by atoms with Crippen molar-refractivity contribution >= 4 is 0 Å². The highest BCUT2D eigenvalue weighted by atomic mass is 16.5. The molecule has 0 fully saturated rings. The number of rotatable bonds is 1. The first kappa shape index (κ1) is 12.6. The van der Waals surface area contributed by atoms with Crippen molar-refractivity contribution < 1.29 is 4.74 Å². The summed E-state index contributed by atoms with van der Waals surface area (Å²) in [6.07, 6.45) is 1.66. The van der Waals surface area contributed by atoms with E-state index < -0.39 is 0 Å². The van der Waals surface area contributed by atoms with Crippen LogP contribution in [0, 0.1) is 0 Å². The van der Waals surface area contributed by atoms with Crippen LogP contribution in [0.2, 0.25) is 0 Å². The molecule has 2 aliphatic rings. The Hall–Kier alpha value is -2.14. The second-order valence-electron chi connectivity index (χ2n) is 5.53. The van der Waals surface area contributed by atoms with E-state index in [-0.39, 0.29) is 11.5 Å². The second kappa shape index (κ2) is 5.00. The van der Waals surface area contributed by atoms with E-state index >= 15 is 0 Å². The zero-order valence-electron chi connectivity index (χ0n) is 11.7. The third-order valence-corrected chi connectivity index (χ3v) is 4.25. The molecule has 0 radical (unpaired) electrons. The summed E-state index contributed by atoms with van der Waals surface area (Å²) in [7, 11) is 0. The topological polar surface area (TPSA) is 67.0 Å². The van der Waals surface area contributed by atoms with Crippen LogP contribution in [0.25, 0.3) is 0 Å². The number of nitrogens with zero attached hydrogens (tertiary/aromatic N) is 1. The van der Waals surface area contributed by atoms with Gasteiger partial charge in [0.1, 0.15) is 11.6 Å². The van der Waals surface area contributed by atoms with Gasteiger partial charge in [0.25, 0.3) is 5.56 Å². The molecule has 0 saturated heterocycles. The maximum atomic E-state index is 12.3. The number of aromatic amines is 1. The van der Waals surface area contributed by atoms with Gasteiger partial charge in [0.15, 0.2) is 0 Å². The highest BCUT2D eigenvalue weighted by Gasteiger charge is 2.26. The predicted molar refractivity (Wildman–Crippen MR) is 78.7 cm³/mol. The lowest BCUT2D eigenvalue weighted by molar-refractivity contribution is 0.274. The summed E-state index contributed by atoms with van der Waals surface area (Å²) < 4.78 is 5.69. The zero-order valence-corrected chi connectivity index (χ0v) is 11.7. The molecule has 3 heterocycles. The third-order valence-electron chi connectivity index (χ3n) is 4.25. The number of fused-ring (bicyclic) bond motifs is 2. The molecule has 2 aromatic rings. The Bertz CT molecular complexity index is 739. The number of H-pyrrole nitrogens is 1. The molecule has 1 unspecified atom stereocenters. The number of ether oxygens (including phenoxy) is 1. The highest BCUT2D eigenvalue weighted by molar-refractivity contribution is 5.41. The molecule has 0 saturated carbocycles. The highest BCUT2D eigenvalue weighted by Crippen LogP contribution is 2.36. The first-order valence-electron chi connectivity index (χ1n) is 7.37. The van der Waals surface area contributed by atoms with Crippen LogP contribution in [0.3, 0.4) is 0 Å². The summed E-state index contributed by atoms with van der Waals surface area (Å²) in [6.45, 7) is 2.15. The summed E-state index contributed by atoms with van der Waals surface area (Å²) >= 11 is 0. The van der Waals surface area contributed by atoms with Crippen molar-refractivity contribution in [3.63, 3.8) is 0 Å². The van der Waals surface area contributed by atoms with E-state index in [4.69, 9.17) is 9.72 Å². The average Bonchev–Trinajstić information content (AvgIpc) is 2.54. The molecule has 1 atom stereocenters. The number of aromatic nitrogens is 2. The summed E-state index contributed by atoms with van der Waals surface area (Å²) in [5.74, 6) is 1.79. The molecule has 0 aliphatic carbocycles. The SMILES string of the molecule is O=c1[nH]c(C2CCOc3ccccc32)nc2c1CNCC2. The second-order valence-corrected chi connectivity index (χ2v) is 5.53. The molecule has 2 aliphatic heterocycles. The molecule has 5 heteroatoms. The van der Waals surface area contributed by atoms with Crippen molar-refractivity contribution in [3.05, 3.63) is 57.3 Å². The van der Waals surface area contributed by atoms with Gasteiger partial charge < -0.3 is 15.0 Å². The molecule has 0 spiro atoms. The largest absolute Gasteiger partial charge is 0.493 e. The van der Waals surface area contributed by atoms with Gasteiger partial charge in [-0.1, -0.05) is 18.2 Å². The van der Waals surface area contributed by atoms with Gasteiger partial charge in [0, 0.05) is 31.0 Å². The van der Waals surface area contributed by atoms with E-state index in [1.54, 1.807) is 0 Å². The quantitative estimate of drug-likeness (QED) is 0.828. The van der Waals surface area contributed by atoms with Crippen LogP contribution < -0.4 is 15.6 Å². The van der Waals surface area contributed by atoms with Gasteiger partial charge in [-0.25, -0.2) is 4.98 Å². The maximum Gasteiger partial charge on any atom is 0.255 e. The van der Waals surface area contributed by atoms with Gasteiger partial charge in [-0.3, -0.25) is 4.79 Å². The standard InChI is InChI=1S/C16H17N3O2/c20-16-12-9-17-7-5-13(12)18-15(19-16)11-6-8-21-14-4-2-1-3-10(11)14/h1-4,11,17H,5-9H2,(H,18,19,20). The van der Waals surface area contributed by atoms with Crippen molar-refractivity contribution in [2.45, 2.75) is 25.3 Å². The maximum absolute atomic E-state index is 12.3. The van der Waals surface area contributed by atoms with Crippen molar-refractivity contribution in [3.8, 4) is 5.75 Å². The van der Waals surface area contributed by atoms with Crippen LogP contribution in [0.1, 0.15) is 35.0 Å². The number of benzene rings is 1. The Morgan fingerprint density at radius 2 is 2.19 bits per heavy atom. The molecule has 0 amide bonds. The molecular formula is C16H17N3O2. The van der Waals surface area contributed by atoms with Gasteiger partial charge in [-0.15, -0.1) is 0 Å². The predicted octanol–water partition coefficient (Wildman–Crippen LogP) is 1.33. The fraction of sp³-hybridized carbons (Fsp3) is 0.375. The molecule has 4 rings (SSSR count). The molecule has 5 nitrogen and oxygen atoms in total. The van der Waals surface area contributed by atoms with Gasteiger partial charge in [-0.2, -0.15) is 0 Å². The van der Waals surface area contributed by atoms with Crippen molar-refractivity contribution in [2.24, 2.45) is 0 Å². The number of hydrogen-bond donors (Lipinski definition) is 2. The number of hydrogen-bond acceptors (Lipinski definition) is 4. The van der Waals surface area contributed by atoms with E-state index in [1.807, 2.05) is 18.2 Å². The molecule has 1 aromatic heterocycles. The van der Waals surface area contributed by atoms with E-state index in [1.165, 1.54) is 0 Å². The summed E-state index contributed by atoms with van der Waals surface area (Å²) in [5.41, 5.74) is 2.83. The van der Waals surface area contributed by atoms with Gasteiger partial charge in [-0.05, 0) is 12.5 Å². The van der Waals surface area contributed by atoms with E-state index in [9.17, 15) is 4.79 Å². The van der Waals surface area contributed by atoms with Crippen molar-refractivity contribution in [2.75, 3.05) is 13.2 Å². The minimum atomic E-state index is -0.00817. The van der Waals surface area contributed by atoms with E-state index in [2.05, 4.69) is 16.4 Å². The minimum Gasteiger partial charge on any atom is -0.493 e. The van der Waals surface area contributed by atoms with Crippen molar-refractivity contribution in [1.82, 2.24) is 15.3 Å². The van der Waals surface area contributed by atoms with Crippen LogP contribution in [0.5, 0.6) is 5.75 Å². The lowest BCUT2D eigenvalue weighted by Crippen LogP contribution is -2.33. The summed E-state index contributed by atoms with van der Waals surface area (Å²) in [5, 5.41) is 3.22. The fourth-order valence-electron chi connectivity index (χ4n) is 3.16. The van der Waals surface area contributed by atoms with Crippen LogP contribution in [0.15, 0.2) is 29.1 Å². The van der Waals surface area contributed by atoms with Gasteiger partial charge in [0.2, 0.25) is 0 Å². The fourth-order valence-corrected chi connectivity index (χ4v) is 3.16. The number of para-hydroxylation sites is 1. The van der Waals surface area contributed by atoms with Crippen LogP contribution in [-0.4, -0.2) is 23.1 Å².